The van der Waals surface area contributed by atoms with E-state index in [0.29, 0.717) is 19.8 Å². The van der Waals surface area contributed by atoms with Gasteiger partial charge in [0, 0.05) is 6.54 Å². The van der Waals surface area contributed by atoms with Crippen molar-refractivity contribution in [3.8, 4) is 0 Å². The molecule has 0 aromatic carbocycles. The van der Waals surface area contributed by atoms with Crippen LogP contribution in [0, 0.1) is 5.92 Å². The summed E-state index contributed by atoms with van der Waals surface area (Å²) in [7, 11) is 0. The summed E-state index contributed by atoms with van der Waals surface area (Å²) in [6, 6.07) is 0. The van der Waals surface area contributed by atoms with Crippen molar-refractivity contribution in [2.75, 3.05) is 32.9 Å². The number of hydrogen-bond acceptors (Lipinski definition) is 4. The Kier molecular flexibility index (Phi) is 5.37. The minimum Gasteiger partial charge on any atom is -0.480 e. The van der Waals surface area contributed by atoms with Gasteiger partial charge in [0.1, 0.15) is 6.54 Å². The van der Waals surface area contributed by atoms with E-state index in [2.05, 4.69) is 0 Å². The molecule has 0 spiro atoms. The summed E-state index contributed by atoms with van der Waals surface area (Å²) in [6.45, 7) is 5.03. The van der Waals surface area contributed by atoms with Gasteiger partial charge in [0.05, 0.1) is 19.8 Å². The molecule has 1 saturated heterocycles. The highest BCUT2D eigenvalue weighted by molar-refractivity contribution is 5.84. The first-order chi connectivity index (χ1) is 8.00. The lowest BCUT2D eigenvalue weighted by molar-refractivity contribution is -0.161. The summed E-state index contributed by atoms with van der Waals surface area (Å²) >= 11 is 0. The number of carbonyl (C=O) groups is 2. The largest absolute Gasteiger partial charge is 0.480 e. The molecule has 0 aliphatic carbocycles. The Morgan fingerprint density at radius 2 is 2.12 bits per heavy atom. The van der Waals surface area contributed by atoms with Crippen LogP contribution in [0.1, 0.15) is 13.8 Å². The van der Waals surface area contributed by atoms with Crippen molar-refractivity contribution in [1.29, 1.82) is 0 Å². The maximum Gasteiger partial charge on any atom is 0.323 e. The van der Waals surface area contributed by atoms with Crippen molar-refractivity contribution < 1.29 is 24.2 Å². The molecular weight excluding hydrogens is 226 g/mol. The number of ether oxygens (including phenoxy) is 2. The average molecular weight is 245 g/mol. The second-order valence-corrected chi connectivity index (χ2v) is 4.44. The van der Waals surface area contributed by atoms with Crippen LogP contribution in [0.25, 0.3) is 0 Å². The third-order valence-electron chi connectivity index (χ3n) is 2.31. The van der Waals surface area contributed by atoms with Crippen LogP contribution in [0.3, 0.4) is 0 Å². The summed E-state index contributed by atoms with van der Waals surface area (Å²) in [6.07, 6.45) is -0.665. The molecule has 1 atom stereocenters. The first-order valence-electron chi connectivity index (χ1n) is 5.70. The quantitative estimate of drug-likeness (QED) is 0.736. The number of aliphatic carboxylic acids is 1. The van der Waals surface area contributed by atoms with Gasteiger partial charge in [-0.15, -0.1) is 0 Å². The first kappa shape index (κ1) is 13.9. The lowest BCUT2D eigenvalue weighted by atomic mass is 10.2. The molecule has 1 fully saturated rings. The van der Waals surface area contributed by atoms with Crippen molar-refractivity contribution >= 4 is 11.9 Å². The zero-order valence-corrected chi connectivity index (χ0v) is 10.2. The minimum atomic E-state index is -1.02. The molecule has 0 bridgehead atoms. The number of rotatable bonds is 5. The Balaban J connectivity index is 2.60. The monoisotopic (exact) mass is 245 g/mol. The van der Waals surface area contributed by atoms with E-state index in [1.807, 2.05) is 13.8 Å². The highest BCUT2D eigenvalue weighted by Crippen LogP contribution is 2.08. The number of carboxylic acids is 1. The molecule has 0 saturated carbocycles. The number of carbonyl (C=O) groups excluding carboxylic acids is 1. The van der Waals surface area contributed by atoms with Gasteiger partial charge in [0.2, 0.25) is 0 Å². The zero-order chi connectivity index (χ0) is 12.8. The van der Waals surface area contributed by atoms with Crippen LogP contribution in [0.5, 0.6) is 0 Å². The molecule has 0 radical (unpaired) electrons. The molecule has 0 aromatic heterocycles. The van der Waals surface area contributed by atoms with Crippen LogP contribution in [-0.4, -0.2) is 60.9 Å². The molecule has 98 valence electrons. The van der Waals surface area contributed by atoms with Gasteiger partial charge >= 0.3 is 5.97 Å². The molecule has 6 nitrogen and oxygen atoms in total. The minimum absolute atomic E-state index is 0.201. The smallest absolute Gasteiger partial charge is 0.323 e. The average Bonchev–Trinajstić information content (AvgIpc) is 2.27. The van der Waals surface area contributed by atoms with Crippen molar-refractivity contribution in [3.05, 3.63) is 0 Å². The molecule has 1 unspecified atom stereocenters. The summed E-state index contributed by atoms with van der Waals surface area (Å²) in [4.78, 5) is 24.1. The van der Waals surface area contributed by atoms with Crippen LogP contribution in [-0.2, 0) is 19.1 Å². The van der Waals surface area contributed by atoms with Gasteiger partial charge in [0.25, 0.3) is 5.91 Å². The summed E-state index contributed by atoms with van der Waals surface area (Å²) < 4.78 is 10.4. The number of nitrogens with zero attached hydrogens (tertiary/aromatic N) is 1. The lowest BCUT2D eigenvalue weighted by Crippen LogP contribution is -2.48. The van der Waals surface area contributed by atoms with Gasteiger partial charge in [0.15, 0.2) is 6.10 Å². The topological polar surface area (TPSA) is 76.1 Å². The Bertz CT molecular complexity index is 273. The second kappa shape index (κ2) is 6.56. The van der Waals surface area contributed by atoms with E-state index in [0.717, 1.165) is 0 Å². The van der Waals surface area contributed by atoms with Gasteiger partial charge in [-0.3, -0.25) is 9.59 Å². The van der Waals surface area contributed by atoms with Gasteiger partial charge in [-0.1, -0.05) is 13.8 Å². The Morgan fingerprint density at radius 1 is 1.41 bits per heavy atom. The normalized spacial score (nSPS) is 20.3. The Labute approximate surface area is 100 Å². The third-order valence-corrected chi connectivity index (χ3v) is 2.31. The SMILES string of the molecule is CC(C)CN(CC(=O)O)C(=O)C1COCCO1. The molecule has 17 heavy (non-hydrogen) atoms. The summed E-state index contributed by atoms with van der Waals surface area (Å²) in [5.74, 6) is -1.11. The van der Waals surface area contributed by atoms with E-state index >= 15 is 0 Å². The van der Waals surface area contributed by atoms with Gasteiger partial charge in [-0.2, -0.15) is 0 Å². The summed E-state index contributed by atoms with van der Waals surface area (Å²) in [5, 5.41) is 8.78. The fourth-order valence-corrected chi connectivity index (χ4v) is 1.67. The highest BCUT2D eigenvalue weighted by atomic mass is 16.6. The van der Waals surface area contributed by atoms with E-state index in [4.69, 9.17) is 14.6 Å². The van der Waals surface area contributed by atoms with Crippen LogP contribution < -0.4 is 0 Å². The van der Waals surface area contributed by atoms with Crippen LogP contribution in [0.2, 0.25) is 0 Å². The van der Waals surface area contributed by atoms with E-state index in [-0.39, 0.29) is 25.0 Å². The molecular formula is C11H19NO5. The number of amides is 1. The van der Waals surface area contributed by atoms with E-state index in [9.17, 15) is 9.59 Å². The van der Waals surface area contributed by atoms with E-state index in [1.54, 1.807) is 0 Å². The van der Waals surface area contributed by atoms with Gasteiger partial charge in [-0.25, -0.2) is 0 Å². The molecule has 1 rings (SSSR count). The number of carboxylic acid groups (broad SMARTS) is 1. The molecule has 1 amide bonds. The van der Waals surface area contributed by atoms with Crippen LogP contribution >= 0.6 is 0 Å². The molecule has 1 N–H and O–H groups in total. The molecule has 1 aliphatic heterocycles. The Hall–Kier alpha value is -1.14. The van der Waals surface area contributed by atoms with E-state index in [1.165, 1.54) is 4.90 Å². The lowest BCUT2D eigenvalue weighted by Gasteiger charge is -2.29. The standard InChI is InChI=1S/C11H19NO5/c1-8(2)5-12(6-10(13)14)11(15)9-7-16-3-4-17-9/h8-9H,3-7H2,1-2H3,(H,13,14). The first-order valence-corrected chi connectivity index (χ1v) is 5.70. The maximum absolute atomic E-state index is 12.0. The molecule has 0 aromatic rings. The molecule has 1 heterocycles. The van der Waals surface area contributed by atoms with Gasteiger partial charge in [-0.05, 0) is 5.92 Å². The van der Waals surface area contributed by atoms with Crippen molar-refractivity contribution in [2.24, 2.45) is 5.92 Å². The second-order valence-electron chi connectivity index (χ2n) is 4.44. The predicted molar refractivity (Wildman–Crippen MR) is 59.6 cm³/mol. The van der Waals surface area contributed by atoms with Crippen molar-refractivity contribution in [1.82, 2.24) is 4.90 Å². The van der Waals surface area contributed by atoms with Crippen molar-refractivity contribution in [3.63, 3.8) is 0 Å². The van der Waals surface area contributed by atoms with Crippen molar-refractivity contribution in [2.45, 2.75) is 20.0 Å². The van der Waals surface area contributed by atoms with Crippen LogP contribution in [0.4, 0.5) is 0 Å². The fourth-order valence-electron chi connectivity index (χ4n) is 1.67. The van der Waals surface area contributed by atoms with Crippen LogP contribution in [0.15, 0.2) is 0 Å². The summed E-state index contributed by atoms with van der Waals surface area (Å²) in [5.41, 5.74) is 0. The fraction of sp³-hybridized carbons (Fsp3) is 0.818. The zero-order valence-electron chi connectivity index (χ0n) is 10.2. The molecule has 1 aliphatic rings. The van der Waals surface area contributed by atoms with Gasteiger partial charge < -0.3 is 19.5 Å². The Morgan fingerprint density at radius 3 is 2.59 bits per heavy atom. The highest BCUT2D eigenvalue weighted by Gasteiger charge is 2.28. The maximum atomic E-state index is 12.0. The number of hydrogen-bond donors (Lipinski definition) is 1. The molecule has 6 heteroatoms. The third kappa shape index (κ3) is 4.70. The van der Waals surface area contributed by atoms with E-state index < -0.39 is 12.1 Å². The predicted octanol–water partition coefficient (Wildman–Crippen LogP) is -0.0290.